The number of rotatable bonds is 3. The molecule has 0 radical (unpaired) electrons. The molecule has 0 N–H and O–H groups in total. The van der Waals surface area contributed by atoms with Gasteiger partial charge in [0.2, 0.25) is 0 Å². The van der Waals surface area contributed by atoms with Crippen LogP contribution in [-0.4, -0.2) is 28.2 Å². The Balaban J connectivity index is 1.97. The number of ether oxygens (including phenoxy) is 1. The minimum atomic E-state index is -0.0603. The van der Waals surface area contributed by atoms with Gasteiger partial charge in [0.1, 0.15) is 11.9 Å². The van der Waals surface area contributed by atoms with E-state index in [1.165, 1.54) is 11.3 Å². The zero-order chi connectivity index (χ0) is 15.9. The van der Waals surface area contributed by atoms with E-state index in [0.717, 1.165) is 22.6 Å². The lowest BCUT2D eigenvalue weighted by Gasteiger charge is -2.16. The summed E-state index contributed by atoms with van der Waals surface area (Å²) >= 11 is 0. The molecule has 0 saturated heterocycles. The van der Waals surface area contributed by atoms with E-state index in [0.29, 0.717) is 0 Å². The van der Waals surface area contributed by atoms with Crippen molar-refractivity contribution in [3.05, 3.63) is 65.7 Å². The molecule has 22 heavy (non-hydrogen) atoms. The van der Waals surface area contributed by atoms with E-state index < -0.39 is 0 Å². The van der Waals surface area contributed by atoms with Crippen molar-refractivity contribution in [1.82, 2.24) is 0 Å². The molecule has 1 heterocycles. The molecule has 114 valence electrons. The molecule has 2 aromatic carbocycles. The van der Waals surface area contributed by atoms with Gasteiger partial charge in [0.05, 0.1) is 0 Å². The number of hydrogen-bond acceptors (Lipinski definition) is 3. The van der Waals surface area contributed by atoms with E-state index in [9.17, 15) is 0 Å². The molecule has 3 nitrogen and oxygen atoms in total. The normalized spacial score (nSPS) is 16.2. The molecule has 1 aliphatic heterocycles. The SMILES string of the molecule is C=C1OC(c2ccc(N(C)C)cc2)c2ccc(N(C)C)cc21. The molecule has 0 aliphatic carbocycles. The molecule has 1 unspecified atom stereocenters. The van der Waals surface area contributed by atoms with Gasteiger partial charge in [-0.1, -0.05) is 24.8 Å². The summed E-state index contributed by atoms with van der Waals surface area (Å²) in [5.74, 6) is 0.750. The van der Waals surface area contributed by atoms with Crippen molar-refractivity contribution >= 4 is 17.1 Å². The second-order valence-corrected chi connectivity index (χ2v) is 6.07. The highest BCUT2D eigenvalue weighted by atomic mass is 16.5. The smallest absolute Gasteiger partial charge is 0.150 e. The first-order valence-corrected chi connectivity index (χ1v) is 7.42. The van der Waals surface area contributed by atoms with E-state index in [1.807, 2.05) is 28.2 Å². The van der Waals surface area contributed by atoms with E-state index >= 15 is 0 Å². The Morgan fingerprint density at radius 3 is 2.05 bits per heavy atom. The van der Waals surface area contributed by atoms with Crippen LogP contribution in [0.5, 0.6) is 0 Å². The summed E-state index contributed by atoms with van der Waals surface area (Å²) in [6, 6.07) is 14.9. The van der Waals surface area contributed by atoms with Crippen LogP contribution in [0.1, 0.15) is 22.8 Å². The summed E-state index contributed by atoms with van der Waals surface area (Å²) in [6.45, 7) is 4.07. The van der Waals surface area contributed by atoms with Gasteiger partial charge in [-0.25, -0.2) is 0 Å². The molecule has 0 saturated carbocycles. The number of fused-ring (bicyclic) bond motifs is 1. The van der Waals surface area contributed by atoms with Crippen molar-refractivity contribution in [2.45, 2.75) is 6.10 Å². The predicted molar refractivity (Wildman–Crippen MR) is 93.5 cm³/mol. The average Bonchev–Trinajstić information content (AvgIpc) is 2.84. The van der Waals surface area contributed by atoms with E-state index in [4.69, 9.17) is 4.74 Å². The van der Waals surface area contributed by atoms with Crippen LogP contribution in [0.2, 0.25) is 0 Å². The first-order valence-electron chi connectivity index (χ1n) is 7.42. The molecule has 1 atom stereocenters. The fourth-order valence-electron chi connectivity index (χ4n) is 2.76. The van der Waals surface area contributed by atoms with Gasteiger partial charge < -0.3 is 14.5 Å². The molecule has 2 aromatic rings. The Kier molecular flexibility index (Phi) is 3.57. The summed E-state index contributed by atoms with van der Waals surface area (Å²) in [6.07, 6.45) is -0.0603. The summed E-state index contributed by atoms with van der Waals surface area (Å²) in [5, 5.41) is 0. The van der Waals surface area contributed by atoms with Gasteiger partial charge in [0.25, 0.3) is 0 Å². The fourth-order valence-corrected chi connectivity index (χ4v) is 2.76. The van der Waals surface area contributed by atoms with Gasteiger partial charge in [-0.05, 0) is 29.8 Å². The first kappa shape index (κ1) is 14.5. The van der Waals surface area contributed by atoms with Crippen LogP contribution >= 0.6 is 0 Å². The van der Waals surface area contributed by atoms with E-state index in [-0.39, 0.29) is 6.10 Å². The largest absolute Gasteiger partial charge is 0.481 e. The summed E-state index contributed by atoms with van der Waals surface area (Å²) in [7, 11) is 8.16. The number of anilines is 2. The zero-order valence-corrected chi connectivity index (χ0v) is 13.6. The molecule has 0 aromatic heterocycles. The Labute approximate surface area is 132 Å². The number of hydrogen-bond donors (Lipinski definition) is 0. The molecule has 3 heteroatoms. The van der Waals surface area contributed by atoms with Gasteiger partial charge in [-0.2, -0.15) is 0 Å². The highest BCUT2D eigenvalue weighted by molar-refractivity contribution is 5.71. The number of nitrogens with zero attached hydrogens (tertiary/aromatic N) is 2. The summed E-state index contributed by atoms with van der Waals surface area (Å²) in [5.41, 5.74) is 5.79. The Morgan fingerprint density at radius 1 is 0.864 bits per heavy atom. The van der Waals surface area contributed by atoms with Crippen molar-refractivity contribution in [3.63, 3.8) is 0 Å². The lowest BCUT2D eigenvalue weighted by atomic mass is 9.98. The molecule has 0 fully saturated rings. The second kappa shape index (κ2) is 5.41. The van der Waals surface area contributed by atoms with Gasteiger partial charge in [-0.3, -0.25) is 0 Å². The van der Waals surface area contributed by atoms with Crippen molar-refractivity contribution < 1.29 is 4.74 Å². The average molecular weight is 294 g/mol. The molecule has 3 rings (SSSR count). The van der Waals surface area contributed by atoms with Gasteiger partial charge in [-0.15, -0.1) is 0 Å². The van der Waals surface area contributed by atoms with Crippen molar-refractivity contribution in [3.8, 4) is 0 Å². The third-order valence-electron chi connectivity index (χ3n) is 4.11. The molecule has 1 aliphatic rings. The maximum atomic E-state index is 6.03. The van der Waals surface area contributed by atoms with Crippen LogP contribution in [0.3, 0.4) is 0 Å². The minimum absolute atomic E-state index is 0.0603. The maximum absolute atomic E-state index is 6.03. The molecular formula is C19H22N2O. The molecule has 0 bridgehead atoms. The molecule has 0 spiro atoms. The minimum Gasteiger partial charge on any atom is -0.481 e. The standard InChI is InChI=1S/C19H22N2O/c1-13-18-12-16(21(4)5)10-11-17(18)19(22-13)14-6-8-15(9-7-14)20(2)3/h6-12,19H,1H2,2-5H3. The summed E-state index contributed by atoms with van der Waals surface area (Å²) in [4.78, 5) is 4.18. The van der Waals surface area contributed by atoms with Crippen LogP contribution in [0.15, 0.2) is 49.0 Å². The molecular weight excluding hydrogens is 272 g/mol. The third kappa shape index (κ3) is 2.43. The Hall–Kier alpha value is -2.42. The highest BCUT2D eigenvalue weighted by Gasteiger charge is 2.28. The predicted octanol–water partition coefficient (Wildman–Crippen LogP) is 3.91. The fraction of sp³-hybridized carbons (Fsp3) is 0.263. The lowest BCUT2D eigenvalue weighted by molar-refractivity contribution is 0.229. The van der Waals surface area contributed by atoms with Gasteiger partial charge in [0, 0.05) is 50.7 Å². The van der Waals surface area contributed by atoms with Crippen LogP contribution in [0, 0.1) is 0 Å². The quantitative estimate of drug-likeness (QED) is 0.853. The van der Waals surface area contributed by atoms with Gasteiger partial charge >= 0.3 is 0 Å². The van der Waals surface area contributed by atoms with Crippen LogP contribution in [0.25, 0.3) is 5.76 Å². The zero-order valence-electron chi connectivity index (χ0n) is 13.6. The third-order valence-corrected chi connectivity index (χ3v) is 4.11. The Morgan fingerprint density at radius 2 is 1.45 bits per heavy atom. The maximum Gasteiger partial charge on any atom is 0.150 e. The highest BCUT2D eigenvalue weighted by Crippen LogP contribution is 2.42. The monoisotopic (exact) mass is 294 g/mol. The van der Waals surface area contributed by atoms with Gasteiger partial charge in [0.15, 0.2) is 0 Å². The topological polar surface area (TPSA) is 15.7 Å². The van der Waals surface area contributed by atoms with Crippen molar-refractivity contribution in [1.29, 1.82) is 0 Å². The van der Waals surface area contributed by atoms with E-state index in [1.54, 1.807) is 0 Å². The molecule has 0 amide bonds. The van der Waals surface area contributed by atoms with Crippen LogP contribution < -0.4 is 9.80 Å². The van der Waals surface area contributed by atoms with E-state index in [2.05, 4.69) is 58.8 Å². The second-order valence-electron chi connectivity index (χ2n) is 6.07. The summed E-state index contributed by atoms with van der Waals surface area (Å²) < 4.78 is 6.03. The lowest BCUT2D eigenvalue weighted by Crippen LogP contribution is -2.09. The van der Waals surface area contributed by atoms with Crippen LogP contribution in [0.4, 0.5) is 11.4 Å². The Bertz CT molecular complexity index is 702. The van der Waals surface area contributed by atoms with Crippen LogP contribution in [-0.2, 0) is 4.74 Å². The number of benzene rings is 2. The van der Waals surface area contributed by atoms with Crippen molar-refractivity contribution in [2.75, 3.05) is 38.0 Å². The van der Waals surface area contributed by atoms with Crippen molar-refractivity contribution in [2.24, 2.45) is 0 Å². The first-order chi connectivity index (χ1) is 10.5.